The quantitative estimate of drug-likeness (QED) is 0.340. The third-order valence-electron chi connectivity index (χ3n) is 9.14. The van der Waals surface area contributed by atoms with Crippen LogP contribution in [-0.4, -0.2) is 3.21 Å². The van der Waals surface area contributed by atoms with Gasteiger partial charge in [0.05, 0.1) is 0 Å². The Labute approximate surface area is 285 Å². The third-order valence-corrected chi connectivity index (χ3v) is 11.1. The van der Waals surface area contributed by atoms with Gasteiger partial charge in [0.15, 0.2) is 0 Å². The molecule has 4 aliphatic carbocycles. The average Bonchev–Trinajstić information content (AvgIpc) is 3.64. The van der Waals surface area contributed by atoms with Crippen molar-refractivity contribution in [2.75, 3.05) is 0 Å². The molecule has 228 valence electrons. The molecule has 3 heteroatoms. The number of benzene rings is 2. The van der Waals surface area contributed by atoms with Gasteiger partial charge >= 0.3 is 103 Å². The molecule has 0 nitrogen and oxygen atoms in total. The van der Waals surface area contributed by atoms with Crippen molar-refractivity contribution < 1.29 is 49.0 Å². The van der Waals surface area contributed by atoms with E-state index in [2.05, 4.69) is 90.1 Å². The van der Waals surface area contributed by atoms with Gasteiger partial charge in [-0.25, -0.2) is 12.2 Å². The Morgan fingerprint density at radius 3 is 1.76 bits per heavy atom. The Balaban J connectivity index is 0.000000253. The molecular weight excluding hydrogens is 631 g/mol. The summed E-state index contributed by atoms with van der Waals surface area (Å²) in [6.07, 6.45) is 26.2. The monoisotopic (exact) mass is 680 g/mol. The molecule has 0 N–H and O–H groups in total. The molecule has 0 heterocycles. The minimum absolute atomic E-state index is 0. The summed E-state index contributed by atoms with van der Waals surface area (Å²) >= 11 is 1.77. The number of allylic oxidation sites excluding steroid dienone is 4. The summed E-state index contributed by atoms with van der Waals surface area (Å²) in [5.74, 6) is 2.09. The van der Waals surface area contributed by atoms with E-state index in [4.69, 9.17) is 0 Å². The predicted molar refractivity (Wildman–Crippen MR) is 171 cm³/mol. The molecule has 2 aromatic carbocycles. The van der Waals surface area contributed by atoms with Crippen molar-refractivity contribution in [3.05, 3.63) is 83.0 Å². The molecule has 4 aliphatic rings. The van der Waals surface area contributed by atoms with Crippen molar-refractivity contribution in [3.8, 4) is 11.1 Å². The molecule has 0 aromatic heterocycles. The van der Waals surface area contributed by atoms with Crippen LogP contribution in [0.4, 0.5) is 0 Å². The van der Waals surface area contributed by atoms with Gasteiger partial charge in [-0.05, 0) is 28.4 Å². The van der Waals surface area contributed by atoms with Crippen molar-refractivity contribution >= 4 is 3.21 Å². The molecular formula is C39H52Cl2Zr-2. The molecule has 42 heavy (non-hydrogen) atoms. The van der Waals surface area contributed by atoms with E-state index in [1.165, 1.54) is 97.6 Å². The second kappa shape index (κ2) is 17.1. The number of rotatable bonds is 2. The molecule has 2 fully saturated rings. The van der Waals surface area contributed by atoms with E-state index < -0.39 is 0 Å². The zero-order valence-corrected chi connectivity index (χ0v) is 31.0. The van der Waals surface area contributed by atoms with E-state index in [-0.39, 0.29) is 35.6 Å². The van der Waals surface area contributed by atoms with Crippen LogP contribution in [0.15, 0.2) is 48.6 Å². The van der Waals surface area contributed by atoms with Gasteiger partial charge in [-0.3, -0.25) is 6.08 Å². The van der Waals surface area contributed by atoms with E-state index in [9.17, 15) is 0 Å². The van der Waals surface area contributed by atoms with Crippen molar-refractivity contribution in [2.24, 2.45) is 11.8 Å². The van der Waals surface area contributed by atoms with Crippen molar-refractivity contribution in [2.45, 2.75) is 129 Å². The Morgan fingerprint density at radius 2 is 1.31 bits per heavy atom. The van der Waals surface area contributed by atoms with Gasteiger partial charge in [-0.1, -0.05) is 65.3 Å². The van der Waals surface area contributed by atoms with Gasteiger partial charge in [0.1, 0.15) is 0 Å². The first-order chi connectivity index (χ1) is 19.0. The summed E-state index contributed by atoms with van der Waals surface area (Å²) < 4.78 is 1.97. The predicted octanol–water partition coefficient (Wildman–Crippen LogP) is 4.83. The molecule has 0 spiro atoms. The summed E-state index contributed by atoms with van der Waals surface area (Å²) in [5.41, 5.74) is 8.70. The van der Waals surface area contributed by atoms with Crippen molar-refractivity contribution in [3.63, 3.8) is 0 Å². The fraction of sp³-hybridized carbons (Fsp3) is 0.564. The summed E-state index contributed by atoms with van der Waals surface area (Å²) in [6.45, 7) is 13.6. The molecule has 0 atom stereocenters. The molecule has 2 saturated carbocycles. The van der Waals surface area contributed by atoms with E-state index in [1.807, 2.05) is 15.4 Å². The maximum absolute atomic E-state index is 3.67. The first-order valence-corrected chi connectivity index (χ1v) is 17.3. The first kappa shape index (κ1) is 37.4. The van der Waals surface area contributed by atoms with Crippen LogP contribution in [0.3, 0.4) is 0 Å². The van der Waals surface area contributed by atoms with Gasteiger partial charge in [0.2, 0.25) is 0 Å². The third kappa shape index (κ3) is 10.4. The summed E-state index contributed by atoms with van der Waals surface area (Å²) in [6, 6.07) is 15.2. The zero-order chi connectivity index (χ0) is 28.8. The maximum atomic E-state index is 3.67. The topological polar surface area (TPSA) is 0 Å². The molecule has 0 saturated heterocycles. The van der Waals surface area contributed by atoms with Crippen LogP contribution in [-0.2, 0) is 41.5 Å². The van der Waals surface area contributed by atoms with E-state index in [1.54, 1.807) is 24.2 Å². The first-order valence-electron chi connectivity index (χ1n) is 16.0. The Morgan fingerprint density at radius 1 is 0.738 bits per heavy atom. The van der Waals surface area contributed by atoms with Gasteiger partial charge in [0, 0.05) is 0 Å². The molecule has 0 aliphatic heterocycles. The van der Waals surface area contributed by atoms with Crippen LogP contribution < -0.4 is 24.8 Å². The Bertz CT molecular complexity index is 1100. The molecule has 2 aromatic rings. The number of hydrogen-bond acceptors (Lipinski definition) is 0. The number of halogens is 2. The van der Waals surface area contributed by atoms with Crippen LogP contribution in [0.25, 0.3) is 11.1 Å². The van der Waals surface area contributed by atoms with Crippen molar-refractivity contribution in [1.29, 1.82) is 0 Å². The fourth-order valence-electron chi connectivity index (χ4n) is 6.53. The van der Waals surface area contributed by atoms with Crippen molar-refractivity contribution in [1.82, 2.24) is 0 Å². The van der Waals surface area contributed by atoms with Gasteiger partial charge < -0.3 is 24.8 Å². The summed E-state index contributed by atoms with van der Waals surface area (Å²) in [7, 11) is 0. The standard InChI is InChI=1S/C21H25.C13H22.C5H5.2ClH.Zr/c1-20(2,3)16-7-9-18-14(12-16)11-15-13-17(21(4,5)6)8-10-19(15)18;1-3-7-12(8-4-1)11-13-9-5-2-6-10-13;1-2-4-5-3-1;;;/h7-10,12H,11H2,1-6H3;12-13H,1-10H2;1-3H,4H2;2*1H;/q-1;;-1;;;+2/p-2. The molecule has 0 bridgehead atoms. The second-order valence-electron chi connectivity index (χ2n) is 14.4. The van der Waals surface area contributed by atoms with Crippen LogP contribution in [0.2, 0.25) is 0 Å². The fourth-order valence-corrected chi connectivity index (χ4v) is 7.95. The van der Waals surface area contributed by atoms with Crippen LogP contribution in [0.5, 0.6) is 0 Å². The Kier molecular flexibility index (Phi) is 15.2. The molecule has 0 unspecified atom stereocenters. The second-order valence-corrected chi connectivity index (χ2v) is 15.9. The SMILES string of the molecule is CC(C)(C)c1[c-]c2c(cc1)-c1ccc(C(C)(C)C)cc1C2.[C-]1=CC=CC1.[Cl-].[Cl-].[Zr+2]=[C](C1CCCCC1)C1CCCCC1. The molecule has 6 rings (SSSR count). The van der Waals surface area contributed by atoms with E-state index in [0.717, 1.165) is 24.7 Å². The summed E-state index contributed by atoms with van der Waals surface area (Å²) in [5, 5.41) is 0. The van der Waals surface area contributed by atoms with E-state index >= 15 is 0 Å². The zero-order valence-electron chi connectivity index (χ0n) is 27.0. The number of hydrogen-bond donors (Lipinski definition) is 0. The van der Waals surface area contributed by atoms with E-state index in [0.29, 0.717) is 0 Å². The normalized spacial score (nSPS) is 17.9. The van der Waals surface area contributed by atoms with Gasteiger partial charge in [0.25, 0.3) is 0 Å². The van der Waals surface area contributed by atoms with Crippen LogP contribution >= 0.6 is 0 Å². The summed E-state index contributed by atoms with van der Waals surface area (Å²) in [4.78, 5) is 0. The van der Waals surface area contributed by atoms with Crippen LogP contribution in [0, 0.1) is 24.0 Å². The van der Waals surface area contributed by atoms with Crippen LogP contribution in [0.1, 0.15) is 134 Å². The average molecular weight is 683 g/mol. The van der Waals surface area contributed by atoms with Gasteiger partial charge in [-0.2, -0.15) is 29.8 Å². The van der Waals surface area contributed by atoms with Gasteiger partial charge in [-0.15, -0.1) is 17.5 Å². The Hall–Kier alpha value is -0.747. The minimum atomic E-state index is 0. The molecule has 0 amide bonds. The number of fused-ring (bicyclic) bond motifs is 3. The molecule has 0 radical (unpaired) electrons.